The predicted molar refractivity (Wildman–Crippen MR) is 116 cm³/mol. The van der Waals surface area contributed by atoms with E-state index in [-0.39, 0.29) is 11.5 Å². The second-order valence-corrected chi connectivity index (χ2v) is 8.19. The Kier molecular flexibility index (Phi) is 4.81. The molecule has 1 aromatic carbocycles. The van der Waals surface area contributed by atoms with Crippen molar-refractivity contribution < 1.29 is 14.0 Å². The van der Waals surface area contributed by atoms with E-state index in [2.05, 4.69) is 47.3 Å². The molecule has 31 heavy (non-hydrogen) atoms. The summed E-state index contributed by atoms with van der Waals surface area (Å²) in [6.45, 7) is 0.427. The summed E-state index contributed by atoms with van der Waals surface area (Å²) in [4.78, 5) is 27.9. The number of fused-ring (bicyclic) bond motifs is 1. The van der Waals surface area contributed by atoms with Gasteiger partial charge in [-0.05, 0) is 36.6 Å². The van der Waals surface area contributed by atoms with Gasteiger partial charge in [0.25, 0.3) is 5.91 Å². The van der Waals surface area contributed by atoms with Crippen LogP contribution in [0.25, 0.3) is 11.7 Å². The fraction of sp³-hybridized carbons (Fsp3) is 0.200. The zero-order valence-electron chi connectivity index (χ0n) is 16.1. The fourth-order valence-corrected chi connectivity index (χ4v) is 3.69. The molecule has 0 unspecified atom stereocenters. The summed E-state index contributed by atoms with van der Waals surface area (Å²) in [6, 6.07) is 6.19. The lowest BCUT2D eigenvalue weighted by molar-refractivity contribution is -0.115. The summed E-state index contributed by atoms with van der Waals surface area (Å²) < 4.78 is 15.7. The van der Waals surface area contributed by atoms with Gasteiger partial charge in [-0.1, -0.05) is 22.0 Å². The first kappa shape index (κ1) is 19.5. The predicted octanol–water partition coefficient (Wildman–Crippen LogP) is 3.00. The number of nitrogens with one attached hydrogen (secondary N) is 4. The number of hydrogen-bond acceptors (Lipinski definition) is 6. The van der Waals surface area contributed by atoms with Crippen molar-refractivity contribution in [2.45, 2.75) is 25.4 Å². The largest absolute Gasteiger partial charge is 0.367 e. The average Bonchev–Trinajstić information content (AvgIpc) is 3.36. The SMILES string of the molecule is O=C1NC(=O)C(=Cc2cnn3c(NC4CC4)cc(NCc4ccc(F)cc4Br)nc23)N1. The number of imide groups is 1. The van der Waals surface area contributed by atoms with Crippen molar-refractivity contribution >= 4 is 51.2 Å². The van der Waals surface area contributed by atoms with E-state index in [4.69, 9.17) is 0 Å². The first-order valence-corrected chi connectivity index (χ1v) is 10.4. The number of hydrogen-bond donors (Lipinski definition) is 4. The van der Waals surface area contributed by atoms with Gasteiger partial charge in [-0.3, -0.25) is 10.1 Å². The number of halogens is 2. The first-order valence-electron chi connectivity index (χ1n) is 9.63. The summed E-state index contributed by atoms with van der Waals surface area (Å²) in [5.74, 6) is 0.534. The summed E-state index contributed by atoms with van der Waals surface area (Å²) in [7, 11) is 0. The summed E-state index contributed by atoms with van der Waals surface area (Å²) in [5.41, 5.74) is 2.11. The van der Waals surface area contributed by atoms with Crippen LogP contribution in [0.3, 0.4) is 0 Å². The number of carbonyl (C=O) groups is 2. The van der Waals surface area contributed by atoms with E-state index < -0.39 is 11.9 Å². The van der Waals surface area contributed by atoms with Crippen molar-refractivity contribution in [3.8, 4) is 0 Å². The lowest BCUT2D eigenvalue weighted by Gasteiger charge is -2.12. The molecule has 9 nitrogen and oxygen atoms in total. The minimum Gasteiger partial charge on any atom is -0.367 e. The lowest BCUT2D eigenvalue weighted by Crippen LogP contribution is -2.22. The summed E-state index contributed by atoms with van der Waals surface area (Å²) in [6.07, 6.45) is 5.29. The Labute approximate surface area is 184 Å². The molecule has 4 N–H and O–H groups in total. The molecule has 1 saturated carbocycles. The minimum absolute atomic E-state index is 0.131. The lowest BCUT2D eigenvalue weighted by atomic mass is 10.2. The van der Waals surface area contributed by atoms with E-state index in [0.717, 1.165) is 24.2 Å². The van der Waals surface area contributed by atoms with Crippen LogP contribution in [0.1, 0.15) is 24.0 Å². The van der Waals surface area contributed by atoms with Crippen LogP contribution in [-0.2, 0) is 11.3 Å². The van der Waals surface area contributed by atoms with E-state index in [0.29, 0.717) is 34.1 Å². The highest BCUT2D eigenvalue weighted by Gasteiger charge is 2.25. The standard InChI is InChI=1S/C20H17BrFN7O2/c21-14-6-12(22)2-1-10(14)8-23-16-7-17(25-13-3-4-13)29-18(27-16)11(9-24-29)5-15-19(30)28-20(31)26-15/h1-2,5-7,9,13,25H,3-4,8H2,(H,23,27)(H2,26,28,30,31). The minimum atomic E-state index is -0.566. The topological polar surface area (TPSA) is 112 Å². The molecule has 3 heterocycles. The normalized spacial score (nSPS) is 17.2. The van der Waals surface area contributed by atoms with Crippen LogP contribution < -0.4 is 21.3 Å². The number of amides is 3. The zero-order valence-corrected chi connectivity index (χ0v) is 17.7. The van der Waals surface area contributed by atoms with Crippen molar-refractivity contribution in [2.75, 3.05) is 10.6 Å². The van der Waals surface area contributed by atoms with Crippen LogP contribution in [0.2, 0.25) is 0 Å². The number of rotatable bonds is 6. The Morgan fingerprint density at radius 3 is 2.81 bits per heavy atom. The van der Waals surface area contributed by atoms with E-state index >= 15 is 0 Å². The molecule has 3 amide bonds. The van der Waals surface area contributed by atoms with Crippen LogP contribution in [-0.4, -0.2) is 32.6 Å². The smallest absolute Gasteiger partial charge is 0.326 e. The molecule has 3 aromatic rings. The van der Waals surface area contributed by atoms with Crippen molar-refractivity contribution in [1.29, 1.82) is 0 Å². The van der Waals surface area contributed by atoms with Gasteiger partial charge in [-0.25, -0.2) is 14.2 Å². The van der Waals surface area contributed by atoms with Gasteiger partial charge in [-0.15, -0.1) is 0 Å². The summed E-state index contributed by atoms with van der Waals surface area (Å²) in [5, 5.41) is 15.7. The van der Waals surface area contributed by atoms with Crippen LogP contribution in [0.15, 0.2) is 40.6 Å². The third kappa shape index (κ3) is 4.08. The molecular formula is C20H17BrFN7O2. The van der Waals surface area contributed by atoms with Gasteiger partial charge in [-0.2, -0.15) is 9.61 Å². The highest BCUT2D eigenvalue weighted by molar-refractivity contribution is 9.10. The molecule has 1 aliphatic carbocycles. The molecule has 1 aliphatic heterocycles. The maximum absolute atomic E-state index is 13.4. The van der Waals surface area contributed by atoms with Crippen LogP contribution in [0, 0.1) is 5.82 Å². The average molecular weight is 486 g/mol. The molecule has 158 valence electrons. The van der Waals surface area contributed by atoms with Crippen LogP contribution in [0.5, 0.6) is 0 Å². The van der Waals surface area contributed by atoms with Gasteiger partial charge < -0.3 is 16.0 Å². The van der Waals surface area contributed by atoms with E-state index in [9.17, 15) is 14.0 Å². The van der Waals surface area contributed by atoms with E-state index in [1.807, 2.05) is 6.07 Å². The Balaban J connectivity index is 1.49. The van der Waals surface area contributed by atoms with Gasteiger partial charge in [0.2, 0.25) is 0 Å². The van der Waals surface area contributed by atoms with Crippen molar-refractivity contribution in [1.82, 2.24) is 25.2 Å². The molecule has 1 saturated heterocycles. The maximum Gasteiger partial charge on any atom is 0.326 e. The Bertz CT molecular complexity index is 1250. The molecule has 0 spiro atoms. The first-order chi connectivity index (χ1) is 15.0. The Hall–Kier alpha value is -3.47. The second-order valence-electron chi connectivity index (χ2n) is 7.34. The molecule has 5 rings (SSSR count). The van der Waals surface area contributed by atoms with Crippen LogP contribution in [0.4, 0.5) is 20.8 Å². The number of benzene rings is 1. The number of urea groups is 1. The maximum atomic E-state index is 13.4. The highest BCUT2D eigenvalue weighted by atomic mass is 79.9. The Morgan fingerprint density at radius 1 is 1.26 bits per heavy atom. The molecule has 0 atom stereocenters. The van der Waals surface area contributed by atoms with E-state index in [1.54, 1.807) is 16.8 Å². The molecular weight excluding hydrogens is 469 g/mol. The number of anilines is 2. The van der Waals surface area contributed by atoms with Gasteiger partial charge in [0.05, 0.1) is 6.20 Å². The molecule has 2 aliphatic rings. The second kappa shape index (κ2) is 7.65. The van der Waals surface area contributed by atoms with Gasteiger partial charge in [0, 0.05) is 28.7 Å². The van der Waals surface area contributed by atoms with Crippen molar-refractivity contribution in [2.24, 2.45) is 0 Å². The van der Waals surface area contributed by atoms with Crippen molar-refractivity contribution in [3.63, 3.8) is 0 Å². The van der Waals surface area contributed by atoms with Crippen molar-refractivity contribution in [3.05, 3.63) is 57.6 Å². The number of aromatic nitrogens is 3. The number of carbonyl (C=O) groups excluding carboxylic acids is 2. The number of nitrogens with zero attached hydrogens (tertiary/aromatic N) is 3. The third-order valence-corrected chi connectivity index (χ3v) is 5.66. The zero-order chi connectivity index (χ0) is 21.5. The van der Waals surface area contributed by atoms with Gasteiger partial charge in [0.15, 0.2) is 5.65 Å². The van der Waals surface area contributed by atoms with Gasteiger partial charge in [0.1, 0.15) is 23.1 Å². The highest BCUT2D eigenvalue weighted by Crippen LogP contribution is 2.28. The molecule has 2 fully saturated rings. The molecule has 2 aromatic heterocycles. The Morgan fingerprint density at radius 2 is 2.10 bits per heavy atom. The van der Waals surface area contributed by atoms with Gasteiger partial charge >= 0.3 is 6.03 Å². The molecule has 0 bridgehead atoms. The summed E-state index contributed by atoms with van der Waals surface area (Å²) >= 11 is 3.37. The third-order valence-electron chi connectivity index (χ3n) is 4.92. The quantitative estimate of drug-likeness (QED) is 0.315. The molecule has 0 radical (unpaired) electrons. The van der Waals surface area contributed by atoms with E-state index in [1.165, 1.54) is 18.2 Å². The van der Waals surface area contributed by atoms with Crippen LogP contribution >= 0.6 is 15.9 Å². The monoisotopic (exact) mass is 485 g/mol. The molecule has 11 heteroatoms. The fourth-order valence-electron chi connectivity index (χ4n) is 3.20.